The van der Waals surface area contributed by atoms with Gasteiger partial charge in [-0.25, -0.2) is 8.42 Å². The van der Waals surface area contributed by atoms with Gasteiger partial charge in [0, 0.05) is 0 Å². The Morgan fingerprint density at radius 1 is 1.06 bits per heavy atom. The summed E-state index contributed by atoms with van der Waals surface area (Å²) in [6, 6.07) is 8.93. The fourth-order valence-corrected chi connectivity index (χ4v) is 2.36. The predicted octanol–water partition coefficient (Wildman–Crippen LogP) is 2.84. The second-order valence-electron chi connectivity index (χ2n) is 3.68. The third kappa shape index (κ3) is 2.15. The number of hydrogen-bond donors (Lipinski definition) is 0. The minimum Gasteiger partial charge on any atom is -0.497 e. The lowest BCUT2D eigenvalue weighted by molar-refractivity contribution is 0.235. The molecular weight excluding hydrogens is 262 g/mol. The van der Waals surface area contributed by atoms with Crippen LogP contribution in [0.3, 0.4) is 0 Å². The Morgan fingerprint density at radius 3 is 2.33 bits per heavy atom. The van der Waals surface area contributed by atoms with Gasteiger partial charge in [0.2, 0.25) is 9.84 Å². The number of ether oxygens (including phenoxy) is 1. The molecule has 0 aliphatic carbocycles. The van der Waals surface area contributed by atoms with Crippen molar-refractivity contribution in [3.05, 3.63) is 36.4 Å². The van der Waals surface area contributed by atoms with E-state index in [2.05, 4.69) is 0 Å². The van der Waals surface area contributed by atoms with Gasteiger partial charge in [0.25, 0.3) is 0 Å². The van der Waals surface area contributed by atoms with Crippen LogP contribution in [0, 0.1) is 0 Å². The molecule has 2 aromatic carbocycles. The third-order valence-electron chi connectivity index (χ3n) is 2.58. The molecule has 0 N–H and O–H groups in total. The Balaban J connectivity index is 2.63. The first-order valence-corrected chi connectivity index (χ1v) is 6.59. The van der Waals surface area contributed by atoms with Gasteiger partial charge < -0.3 is 4.74 Å². The Hall–Kier alpha value is -1.69. The van der Waals surface area contributed by atoms with E-state index in [4.69, 9.17) is 4.74 Å². The minimum atomic E-state index is -4.56. The molecule has 0 radical (unpaired) electrons. The number of alkyl halides is 2. The summed E-state index contributed by atoms with van der Waals surface area (Å²) >= 11 is 0. The topological polar surface area (TPSA) is 43.4 Å². The molecule has 2 aromatic rings. The minimum absolute atomic E-state index is 0.391. The van der Waals surface area contributed by atoms with Crippen LogP contribution in [0.1, 0.15) is 0 Å². The summed E-state index contributed by atoms with van der Waals surface area (Å²) in [6.45, 7) is 0. The van der Waals surface area contributed by atoms with E-state index in [9.17, 15) is 17.2 Å². The van der Waals surface area contributed by atoms with Crippen LogP contribution in [-0.2, 0) is 9.84 Å². The SMILES string of the molecule is COc1ccc2ccc(S(=O)(=O)C(F)F)cc2c1. The molecule has 0 saturated heterocycles. The van der Waals surface area contributed by atoms with Gasteiger partial charge in [-0.15, -0.1) is 0 Å². The molecule has 0 aromatic heterocycles. The lowest BCUT2D eigenvalue weighted by Crippen LogP contribution is -2.11. The second kappa shape index (κ2) is 4.53. The van der Waals surface area contributed by atoms with Crippen molar-refractivity contribution in [2.75, 3.05) is 7.11 Å². The molecule has 0 bridgehead atoms. The maximum atomic E-state index is 12.4. The van der Waals surface area contributed by atoms with E-state index in [0.29, 0.717) is 11.1 Å². The van der Waals surface area contributed by atoms with E-state index in [-0.39, 0.29) is 0 Å². The summed E-state index contributed by atoms with van der Waals surface area (Å²) in [5.74, 6) is -2.88. The maximum absolute atomic E-state index is 12.4. The van der Waals surface area contributed by atoms with Crippen molar-refractivity contribution in [3.8, 4) is 5.75 Å². The number of fused-ring (bicyclic) bond motifs is 1. The Bertz CT molecular complexity index is 681. The monoisotopic (exact) mass is 272 g/mol. The molecular formula is C12H10F2O3S. The summed E-state index contributed by atoms with van der Waals surface area (Å²) in [6.07, 6.45) is 0. The summed E-state index contributed by atoms with van der Waals surface area (Å²) in [5.41, 5.74) is 0. The van der Waals surface area contributed by atoms with Crippen LogP contribution >= 0.6 is 0 Å². The number of rotatable bonds is 3. The molecule has 0 amide bonds. The normalized spacial score (nSPS) is 12.0. The van der Waals surface area contributed by atoms with Gasteiger partial charge in [-0.2, -0.15) is 8.78 Å². The van der Waals surface area contributed by atoms with Gasteiger partial charge >= 0.3 is 5.76 Å². The van der Waals surface area contributed by atoms with E-state index in [1.54, 1.807) is 18.2 Å². The number of hydrogen-bond acceptors (Lipinski definition) is 3. The average molecular weight is 272 g/mol. The van der Waals surface area contributed by atoms with Crippen LogP contribution in [0.15, 0.2) is 41.3 Å². The average Bonchev–Trinajstić information content (AvgIpc) is 2.37. The van der Waals surface area contributed by atoms with Crippen LogP contribution in [0.25, 0.3) is 10.8 Å². The quantitative estimate of drug-likeness (QED) is 0.863. The molecule has 0 aliphatic heterocycles. The zero-order chi connectivity index (χ0) is 13.3. The highest BCUT2D eigenvalue weighted by molar-refractivity contribution is 7.91. The molecule has 0 saturated carbocycles. The zero-order valence-electron chi connectivity index (χ0n) is 9.43. The highest BCUT2D eigenvalue weighted by Gasteiger charge is 2.26. The number of halogens is 2. The molecule has 0 unspecified atom stereocenters. The summed E-state index contributed by atoms with van der Waals surface area (Å²) in [4.78, 5) is -0.391. The fourth-order valence-electron chi connectivity index (χ4n) is 1.61. The Kier molecular flexibility index (Phi) is 3.21. The van der Waals surface area contributed by atoms with Crippen molar-refractivity contribution in [3.63, 3.8) is 0 Å². The highest BCUT2D eigenvalue weighted by atomic mass is 32.2. The molecule has 0 aliphatic rings. The number of methoxy groups -OCH3 is 1. The molecule has 0 fully saturated rings. The Morgan fingerprint density at radius 2 is 1.72 bits per heavy atom. The van der Waals surface area contributed by atoms with E-state index >= 15 is 0 Å². The number of sulfone groups is 1. The molecule has 2 rings (SSSR count). The summed E-state index contributed by atoms with van der Waals surface area (Å²) in [5, 5.41) is 1.29. The molecule has 3 nitrogen and oxygen atoms in total. The molecule has 0 heterocycles. The van der Waals surface area contributed by atoms with Crippen molar-refractivity contribution in [1.29, 1.82) is 0 Å². The maximum Gasteiger partial charge on any atom is 0.341 e. The van der Waals surface area contributed by atoms with Crippen LogP contribution < -0.4 is 4.74 Å². The lowest BCUT2D eigenvalue weighted by Gasteiger charge is -2.06. The van der Waals surface area contributed by atoms with Crippen molar-refractivity contribution < 1.29 is 21.9 Å². The van der Waals surface area contributed by atoms with Gasteiger partial charge in [-0.05, 0) is 35.0 Å². The number of benzene rings is 2. The fraction of sp³-hybridized carbons (Fsp3) is 0.167. The van der Waals surface area contributed by atoms with Crippen LogP contribution in [-0.4, -0.2) is 21.3 Å². The third-order valence-corrected chi connectivity index (χ3v) is 3.96. The van der Waals surface area contributed by atoms with Gasteiger partial charge in [-0.1, -0.05) is 12.1 Å². The molecule has 18 heavy (non-hydrogen) atoms. The molecule has 96 valence electrons. The summed E-state index contributed by atoms with van der Waals surface area (Å²) in [7, 11) is -3.09. The highest BCUT2D eigenvalue weighted by Crippen LogP contribution is 2.26. The first-order chi connectivity index (χ1) is 8.45. The van der Waals surface area contributed by atoms with E-state index in [1.807, 2.05) is 0 Å². The van der Waals surface area contributed by atoms with Crippen molar-refractivity contribution in [2.24, 2.45) is 0 Å². The van der Waals surface area contributed by atoms with Crippen LogP contribution in [0.2, 0.25) is 0 Å². The van der Waals surface area contributed by atoms with E-state index < -0.39 is 20.5 Å². The van der Waals surface area contributed by atoms with Gasteiger partial charge in [0.1, 0.15) is 5.75 Å². The van der Waals surface area contributed by atoms with Crippen molar-refractivity contribution in [2.45, 2.75) is 10.7 Å². The van der Waals surface area contributed by atoms with E-state index in [1.165, 1.54) is 25.3 Å². The first kappa shape index (κ1) is 12.8. The van der Waals surface area contributed by atoms with Gasteiger partial charge in [-0.3, -0.25) is 0 Å². The standard InChI is InChI=1S/C12H10F2O3S/c1-17-10-4-2-8-3-5-11(7-9(8)6-10)18(15,16)12(13)14/h2-7,12H,1H3. The lowest BCUT2D eigenvalue weighted by atomic mass is 10.1. The smallest absolute Gasteiger partial charge is 0.341 e. The van der Waals surface area contributed by atoms with Gasteiger partial charge in [0.15, 0.2) is 0 Å². The molecule has 6 heteroatoms. The predicted molar refractivity (Wildman–Crippen MR) is 63.7 cm³/mol. The zero-order valence-corrected chi connectivity index (χ0v) is 10.2. The first-order valence-electron chi connectivity index (χ1n) is 5.05. The van der Waals surface area contributed by atoms with Crippen LogP contribution in [0.4, 0.5) is 8.78 Å². The van der Waals surface area contributed by atoms with Crippen molar-refractivity contribution >= 4 is 20.6 Å². The van der Waals surface area contributed by atoms with Crippen LogP contribution in [0.5, 0.6) is 5.75 Å². The summed E-state index contributed by atoms with van der Waals surface area (Å²) < 4.78 is 52.6. The second-order valence-corrected chi connectivity index (χ2v) is 5.60. The van der Waals surface area contributed by atoms with Crippen molar-refractivity contribution in [1.82, 2.24) is 0 Å². The Labute approximate surface area is 103 Å². The van der Waals surface area contributed by atoms with E-state index in [0.717, 1.165) is 5.39 Å². The largest absolute Gasteiger partial charge is 0.497 e. The molecule has 0 spiro atoms. The van der Waals surface area contributed by atoms with Gasteiger partial charge in [0.05, 0.1) is 12.0 Å². The molecule has 0 atom stereocenters.